The fourth-order valence-electron chi connectivity index (χ4n) is 3.55. The number of nitrogens with one attached hydrogen (secondary N) is 1. The number of benzene rings is 1. The van der Waals surface area contributed by atoms with Gasteiger partial charge in [0.25, 0.3) is 0 Å². The van der Waals surface area contributed by atoms with Crippen LogP contribution in [0.5, 0.6) is 0 Å². The second kappa shape index (κ2) is 6.47. The Kier molecular flexibility index (Phi) is 4.02. The molecule has 0 bridgehead atoms. The average Bonchev–Trinajstić information content (AvgIpc) is 3.30. The molecular weight excluding hydrogens is 302 g/mol. The molecule has 1 aromatic carbocycles. The van der Waals surface area contributed by atoms with Crippen LogP contribution in [0.1, 0.15) is 37.4 Å². The zero-order chi connectivity index (χ0) is 16.4. The van der Waals surface area contributed by atoms with Crippen molar-refractivity contribution < 1.29 is 4.79 Å². The summed E-state index contributed by atoms with van der Waals surface area (Å²) in [6.45, 7) is 1.43. The van der Waals surface area contributed by atoms with Gasteiger partial charge in [0.15, 0.2) is 0 Å². The van der Waals surface area contributed by atoms with Gasteiger partial charge in [-0.2, -0.15) is 10.2 Å². The molecule has 1 saturated heterocycles. The number of carbonyl (C=O) groups is 1. The first-order valence-corrected chi connectivity index (χ1v) is 8.52. The Morgan fingerprint density at radius 3 is 3.04 bits per heavy atom. The van der Waals surface area contributed by atoms with Gasteiger partial charge in [0.1, 0.15) is 0 Å². The molecule has 1 aliphatic heterocycles. The van der Waals surface area contributed by atoms with E-state index in [9.17, 15) is 4.79 Å². The molecule has 0 aliphatic carbocycles. The Morgan fingerprint density at radius 2 is 2.17 bits per heavy atom. The lowest BCUT2D eigenvalue weighted by molar-refractivity contribution is -0.135. The van der Waals surface area contributed by atoms with Gasteiger partial charge < -0.3 is 4.90 Å². The molecule has 124 valence electrons. The predicted molar refractivity (Wildman–Crippen MR) is 91.2 cm³/mol. The maximum absolute atomic E-state index is 12.8. The van der Waals surface area contributed by atoms with Crippen LogP contribution in [0, 0.1) is 0 Å². The number of fused-ring (bicyclic) bond motifs is 1. The van der Waals surface area contributed by atoms with E-state index in [0.717, 1.165) is 42.4 Å². The summed E-state index contributed by atoms with van der Waals surface area (Å²) in [7, 11) is 0. The van der Waals surface area contributed by atoms with Crippen LogP contribution in [0.15, 0.2) is 42.7 Å². The molecule has 0 saturated carbocycles. The topological polar surface area (TPSA) is 66.8 Å². The summed E-state index contributed by atoms with van der Waals surface area (Å²) >= 11 is 0. The van der Waals surface area contributed by atoms with E-state index < -0.39 is 0 Å². The Balaban J connectivity index is 1.47. The molecule has 3 heterocycles. The van der Waals surface area contributed by atoms with E-state index in [4.69, 9.17) is 0 Å². The lowest BCUT2D eigenvalue weighted by Gasteiger charge is -2.35. The van der Waals surface area contributed by atoms with E-state index >= 15 is 0 Å². The van der Waals surface area contributed by atoms with Gasteiger partial charge in [0.05, 0.1) is 30.0 Å². The van der Waals surface area contributed by atoms with Crippen LogP contribution >= 0.6 is 0 Å². The van der Waals surface area contributed by atoms with Crippen molar-refractivity contribution in [1.82, 2.24) is 24.9 Å². The average molecular weight is 323 g/mol. The van der Waals surface area contributed by atoms with Crippen molar-refractivity contribution in [2.75, 3.05) is 6.54 Å². The van der Waals surface area contributed by atoms with Gasteiger partial charge in [0, 0.05) is 24.5 Å². The molecule has 2 aromatic heterocycles. The van der Waals surface area contributed by atoms with Gasteiger partial charge in [-0.05, 0) is 31.4 Å². The van der Waals surface area contributed by atoms with Crippen molar-refractivity contribution in [2.45, 2.75) is 38.3 Å². The van der Waals surface area contributed by atoms with Crippen LogP contribution in [-0.4, -0.2) is 37.3 Å². The molecule has 6 heteroatoms. The van der Waals surface area contributed by atoms with Gasteiger partial charge in [-0.1, -0.05) is 18.2 Å². The maximum Gasteiger partial charge on any atom is 0.224 e. The summed E-state index contributed by atoms with van der Waals surface area (Å²) in [5.41, 5.74) is 2.11. The summed E-state index contributed by atoms with van der Waals surface area (Å²) in [5, 5.41) is 12.6. The fraction of sp³-hybridized carbons (Fsp3) is 0.389. The van der Waals surface area contributed by atoms with Crippen LogP contribution in [0.3, 0.4) is 0 Å². The maximum atomic E-state index is 12.8. The van der Waals surface area contributed by atoms with Gasteiger partial charge in [-0.15, -0.1) is 0 Å². The Morgan fingerprint density at radius 1 is 1.25 bits per heavy atom. The fourth-order valence-corrected chi connectivity index (χ4v) is 3.55. The molecule has 1 atom stereocenters. The van der Waals surface area contributed by atoms with Crippen molar-refractivity contribution >= 4 is 16.8 Å². The quantitative estimate of drug-likeness (QED) is 0.803. The van der Waals surface area contributed by atoms with Crippen LogP contribution in [0.4, 0.5) is 0 Å². The van der Waals surface area contributed by atoms with Crippen molar-refractivity contribution in [3.8, 4) is 0 Å². The molecule has 6 nitrogen and oxygen atoms in total. The summed E-state index contributed by atoms with van der Waals surface area (Å²) < 4.78 is 1.92. The normalized spacial score (nSPS) is 18.2. The van der Waals surface area contributed by atoms with Crippen molar-refractivity contribution in [3.05, 3.63) is 48.4 Å². The van der Waals surface area contributed by atoms with E-state index in [1.165, 1.54) is 0 Å². The number of carbonyl (C=O) groups excluding carboxylic acids is 1. The molecular formula is C18H21N5O. The molecule has 0 spiro atoms. The number of aryl methyl sites for hydroxylation is 1. The Hall–Kier alpha value is -2.63. The highest BCUT2D eigenvalue weighted by atomic mass is 16.2. The number of aromatic amines is 1. The molecule has 0 radical (unpaired) electrons. The van der Waals surface area contributed by atoms with E-state index in [2.05, 4.69) is 15.3 Å². The number of nitrogens with zero attached hydrogens (tertiary/aromatic N) is 4. The molecule has 1 N–H and O–H groups in total. The first-order valence-electron chi connectivity index (χ1n) is 8.52. The predicted octanol–water partition coefficient (Wildman–Crippen LogP) is 2.90. The third-order valence-electron chi connectivity index (χ3n) is 4.79. The summed E-state index contributed by atoms with van der Waals surface area (Å²) in [4.78, 5) is 14.8. The summed E-state index contributed by atoms with van der Waals surface area (Å²) in [5.74, 6) is 0.189. The Bertz CT molecular complexity index is 823. The second-order valence-corrected chi connectivity index (χ2v) is 6.29. The number of hydrogen-bond donors (Lipinski definition) is 1. The SMILES string of the molecule is O=C(CCn1ncc2ccccc21)N1CCCC[C@@H]1c1ccn[nH]1. The highest BCUT2D eigenvalue weighted by Crippen LogP contribution is 2.30. The lowest BCUT2D eigenvalue weighted by Crippen LogP contribution is -2.39. The number of piperidine rings is 1. The molecule has 24 heavy (non-hydrogen) atoms. The van der Waals surface area contributed by atoms with Crippen LogP contribution in [-0.2, 0) is 11.3 Å². The highest BCUT2D eigenvalue weighted by Gasteiger charge is 2.28. The van der Waals surface area contributed by atoms with E-state index in [1.54, 1.807) is 6.20 Å². The molecule has 1 fully saturated rings. The third kappa shape index (κ3) is 2.79. The molecule has 3 aromatic rings. The molecule has 0 unspecified atom stereocenters. The number of para-hydroxylation sites is 1. The van der Waals surface area contributed by atoms with E-state index in [-0.39, 0.29) is 11.9 Å². The highest BCUT2D eigenvalue weighted by molar-refractivity contribution is 5.79. The molecule has 1 aliphatic rings. The zero-order valence-corrected chi connectivity index (χ0v) is 13.6. The van der Waals surface area contributed by atoms with Crippen molar-refractivity contribution in [3.63, 3.8) is 0 Å². The number of aromatic nitrogens is 4. The number of hydrogen-bond acceptors (Lipinski definition) is 3. The molecule has 1 amide bonds. The number of amides is 1. The van der Waals surface area contributed by atoms with Gasteiger partial charge in [-0.25, -0.2) is 0 Å². The molecule has 4 rings (SSSR count). The zero-order valence-electron chi connectivity index (χ0n) is 13.6. The third-order valence-corrected chi connectivity index (χ3v) is 4.79. The monoisotopic (exact) mass is 323 g/mol. The first kappa shape index (κ1) is 14.9. The van der Waals surface area contributed by atoms with Crippen molar-refractivity contribution in [1.29, 1.82) is 0 Å². The minimum atomic E-state index is 0.128. The standard InChI is InChI=1S/C18H21N5O/c24-18(9-12-23-16-6-2-1-5-14(16)13-20-23)22-11-4-3-7-17(22)15-8-10-19-21-15/h1-2,5-6,8,10,13,17H,3-4,7,9,11-12H2,(H,19,21)/t17-/m1/s1. The Labute approximate surface area is 140 Å². The first-order chi connectivity index (χ1) is 11.8. The van der Waals surface area contributed by atoms with E-state index in [0.29, 0.717) is 13.0 Å². The summed E-state index contributed by atoms with van der Waals surface area (Å²) in [6.07, 6.45) is 7.30. The van der Waals surface area contributed by atoms with Crippen molar-refractivity contribution in [2.24, 2.45) is 0 Å². The van der Waals surface area contributed by atoms with E-state index in [1.807, 2.05) is 46.1 Å². The van der Waals surface area contributed by atoms with Crippen LogP contribution in [0.2, 0.25) is 0 Å². The van der Waals surface area contributed by atoms with Gasteiger partial charge in [-0.3, -0.25) is 14.6 Å². The van der Waals surface area contributed by atoms with Gasteiger partial charge >= 0.3 is 0 Å². The number of H-pyrrole nitrogens is 1. The minimum Gasteiger partial charge on any atom is -0.334 e. The van der Waals surface area contributed by atoms with Gasteiger partial charge in [0.2, 0.25) is 5.91 Å². The number of rotatable bonds is 4. The largest absolute Gasteiger partial charge is 0.334 e. The summed E-state index contributed by atoms with van der Waals surface area (Å²) in [6, 6.07) is 10.2. The minimum absolute atomic E-state index is 0.128. The smallest absolute Gasteiger partial charge is 0.224 e. The van der Waals surface area contributed by atoms with Crippen LogP contribution < -0.4 is 0 Å². The van der Waals surface area contributed by atoms with Crippen LogP contribution in [0.25, 0.3) is 10.9 Å². The number of likely N-dealkylation sites (tertiary alicyclic amines) is 1. The second-order valence-electron chi connectivity index (χ2n) is 6.29. The lowest BCUT2D eigenvalue weighted by atomic mass is 9.99.